The van der Waals surface area contributed by atoms with Gasteiger partial charge in [-0.2, -0.15) is 0 Å². The van der Waals surface area contributed by atoms with Crippen LogP contribution in [-0.2, 0) is 0 Å². The summed E-state index contributed by atoms with van der Waals surface area (Å²) >= 11 is 7.64. The van der Waals surface area contributed by atoms with Crippen molar-refractivity contribution in [1.82, 2.24) is 0 Å². The molecule has 86 valence electrons. The van der Waals surface area contributed by atoms with Crippen molar-refractivity contribution in [2.75, 3.05) is 12.4 Å². The van der Waals surface area contributed by atoms with Crippen LogP contribution in [0.2, 0.25) is 5.02 Å². The molecule has 0 unspecified atom stereocenters. The lowest BCUT2D eigenvalue weighted by Crippen LogP contribution is -2.24. The van der Waals surface area contributed by atoms with E-state index in [4.69, 9.17) is 22.4 Å². The van der Waals surface area contributed by atoms with Gasteiger partial charge in [-0.1, -0.05) is 23.7 Å². The molecule has 0 aliphatic carbocycles. The molecule has 0 aliphatic heterocycles. The van der Waals surface area contributed by atoms with Crippen LogP contribution in [0.3, 0.4) is 0 Å². The zero-order chi connectivity index (χ0) is 10.4. The van der Waals surface area contributed by atoms with E-state index in [0.29, 0.717) is 0 Å². The molecule has 0 bridgehead atoms. The molecule has 0 heterocycles. The molecular formula is C10H15Cl2NOS. The van der Waals surface area contributed by atoms with Gasteiger partial charge in [-0.05, 0) is 24.3 Å². The molecule has 0 saturated carbocycles. The molecule has 0 aromatic heterocycles. The second-order valence-electron chi connectivity index (χ2n) is 3.01. The Bertz CT molecular complexity index is 286. The van der Waals surface area contributed by atoms with E-state index < -0.39 is 0 Å². The lowest BCUT2D eigenvalue weighted by Gasteiger charge is -2.07. The van der Waals surface area contributed by atoms with Crippen LogP contribution < -0.4 is 5.73 Å². The molecule has 0 radical (unpaired) electrons. The first kappa shape index (κ1) is 15.1. The molecule has 1 atom stereocenters. The largest absolute Gasteiger partial charge is 0.395 e. The van der Waals surface area contributed by atoms with Gasteiger partial charge in [0.1, 0.15) is 0 Å². The SMILES string of the molecule is Cl.N[C@H](CO)CCSc1ccccc1Cl. The number of aliphatic hydroxyl groups is 1. The van der Waals surface area contributed by atoms with Crippen LogP contribution in [0.15, 0.2) is 29.2 Å². The van der Waals surface area contributed by atoms with Gasteiger partial charge in [-0.15, -0.1) is 24.2 Å². The van der Waals surface area contributed by atoms with Gasteiger partial charge in [0.25, 0.3) is 0 Å². The minimum Gasteiger partial charge on any atom is -0.395 e. The number of aliphatic hydroxyl groups excluding tert-OH is 1. The summed E-state index contributed by atoms with van der Waals surface area (Å²) in [5.41, 5.74) is 5.58. The third kappa shape index (κ3) is 5.64. The Morgan fingerprint density at radius 2 is 2.07 bits per heavy atom. The first-order chi connectivity index (χ1) is 6.74. The minimum absolute atomic E-state index is 0. The zero-order valence-corrected chi connectivity index (χ0v) is 10.6. The van der Waals surface area contributed by atoms with E-state index in [1.165, 1.54) is 0 Å². The van der Waals surface area contributed by atoms with Crippen LogP contribution in [0.5, 0.6) is 0 Å². The topological polar surface area (TPSA) is 46.2 Å². The highest BCUT2D eigenvalue weighted by molar-refractivity contribution is 7.99. The molecule has 15 heavy (non-hydrogen) atoms. The van der Waals surface area contributed by atoms with Crippen molar-refractivity contribution in [3.05, 3.63) is 29.3 Å². The summed E-state index contributed by atoms with van der Waals surface area (Å²) in [6.07, 6.45) is 0.798. The molecule has 0 spiro atoms. The highest BCUT2D eigenvalue weighted by Crippen LogP contribution is 2.26. The van der Waals surface area contributed by atoms with Gasteiger partial charge in [0.05, 0.1) is 11.6 Å². The van der Waals surface area contributed by atoms with Crippen molar-refractivity contribution in [2.45, 2.75) is 17.4 Å². The van der Waals surface area contributed by atoms with Crippen LogP contribution in [0.25, 0.3) is 0 Å². The van der Waals surface area contributed by atoms with Gasteiger partial charge >= 0.3 is 0 Å². The summed E-state index contributed by atoms with van der Waals surface area (Å²) in [7, 11) is 0. The molecular weight excluding hydrogens is 253 g/mol. The second kappa shape index (κ2) is 8.25. The Labute approximate surface area is 106 Å². The maximum Gasteiger partial charge on any atom is 0.0582 e. The quantitative estimate of drug-likeness (QED) is 0.807. The Hall–Kier alpha value is 0.0700. The average Bonchev–Trinajstić information content (AvgIpc) is 2.20. The third-order valence-corrected chi connectivity index (χ3v) is 3.37. The molecule has 1 rings (SSSR count). The standard InChI is InChI=1S/C10H14ClNOS.ClH/c11-9-3-1-2-4-10(9)14-6-5-8(12)7-13;/h1-4,8,13H,5-7,12H2;1H/t8-;/m0./s1. The summed E-state index contributed by atoms with van der Waals surface area (Å²) in [6.45, 7) is 0.0447. The average molecular weight is 268 g/mol. The van der Waals surface area contributed by atoms with Crippen LogP contribution >= 0.6 is 35.8 Å². The lowest BCUT2D eigenvalue weighted by molar-refractivity contribution is 0.264. The number of hydrogen-bond donors (Lipinski definition) is 2. The van der Waals surface area contributed by atoms with E-state index in [0.717, 1.165) is 22.1 Å². The predicted molar refractivity (Wildman–Crippen MR) is 69.1 cm³/mol. The van der Waals surface area contributed by atoms with Crippen molar-refractivity contribution in [1.29, 1.82) is 0 Å². The maximum absolute atomic E-state index is 8.73. The third-order valence-electron chi connectivity index (χ3n) is 1.82. The summed E-state index contributed by atoms with van der Waals surface area (Å²) in [5, 5.41) is 9.50. The first-order valence-electron chi connectivity index (χ1n) is 4.48. The minimum atomic E-state index is -0.120. The van der Waals surface area contributed by atoms with Gasteiger partial charge in [0.15, 0.2) is 0 Å². The Kier molecular flexibility index (Phi) is 8.29. The molecule has 5 heteroatoms. The molecule has 2 nitrogen and oxygen atoms in total. The van der Waals surface area contributed by atoms with Crippen LogP contribution in [0, 0.1) is 0 Å². The maximum atomic E-state index is 8.73. The summed E-state index contributed by atoms with van der Waals surface area (Å²) in [5.74, 6) is 0.880. The van der Waals surface area contributed by atoms with Gasteiger partial charge < -0.3 is 10.8 Å². The number of rotatable bonds is 5. The smallest absolute Gasteiger partial charge is 0.0582 e. The summed E-state index contributed by atoms with van der Waals surface area (Å²) in [6, 6.07) is 7.60. The van der Waals surface area contributed by atoms with E-state index in [2.05, 4.69) is 0 Å². The van der Waals surface area contributed by atoms with E-state index in [9.17, 15) is 0 Å². The van der Waals surface area contributed by atoms with Crippen molar-refractivity contribution in [2.24, 2.45) is 5.73 Å². The van der Waals surface area contributed by atoms with E-state index in [1.807, 2.05) is 24.3 Å². The van der Waals surface area contributed by atoms with E-state index in [-0.39, 0.29) is 25.1 Å². The van der Waals surface area contributed by atoms with Gasteiger partial charge in [0.2, 0.25) is 0 Å². The number of halogens is 2. The highest BCUT2D eigenvalue weighted by Gasteiger charge is 2.02. The highest BCUT2D eigenvalue weighted by atomic mass is 35.5. The monoisotopic (exact) mass is 267 g/mol. The fourth-order valence-electron chi connectivity index (χ4n) is 0.973. The normalized spacial score (nSPS) is 11.9. The molecule has 0 saturated heterocycles. The van der Waals surface area contributed by atoms with Crippen LogP contribution in [-0.4, -0.2) is 23.5 Å². The molecule has 0 aliphatic rings. The predicted octanol–water partition coefficient (Wildman–Crippen LogP) is 2.56. The number of hydrogen-bond acceptors (Lipinski definition) is 3. The van der Waals surface area contributed by atoms with Crippen molar-refractivity contribution < 1.29 is 5.11 Å². The fraction of sp³-hybridized carbons (Fsp3) is 0.400. The lowest BCUT2D eigenvalue weighted by atomic mass is 10.3. The zero-order valence-electron chi connectivity index (χ0n) is 8.23. The molecule has 0 amide bonds. The van der Waals surface area contributed by atoms with Gasteiger partial charge in [-0.25, -0.2) is 0 Å². The summed E-state index contributed by atoms with van der Waals surface area (Å²) < 4.78 is 0. The number of thioether (sulfide) groups is 1. The Morgan fingerprint density at radius 1 is 1.40 bits per heavy atom. The van der Waals surface area contributed by atoms with Crippen molar-refractivity contribution >= 4 is 35.8 Å². The van der Waals surface area contributed by atoms with Gasteiger partial charge in [0, 0.05) is 10.9 Å². The number of nitrogens with two attached hydrogens (primary N) is 1. The number of benzene rings is 1. The molecule has 1 aromatic carbocycles. The van der Waals surface area contributed by atoms with Crippen LogP contribution in [0.1, 0.15) is 6.42 Å². The fourth-order valence-corrected chi connectivity index (χ4v) is 2.29. The van der Waals surface area contributed by atoms with Crippen molar-refractivity contribution in [3.8, 4) is 0 Å². The molecule has 3 N–H and O–H groups in total. The van der Waals surface area contributed by atoms with Crippen molar-refractivity contribution in [3.63, 3.8) is 0 Å². The molecule has 1 aromatic rings. The van der Waals surface area contributed by atoms with E-state index >= 15 is 0 Å². The molecule has 0 fully saturated rings. The van der Waals surface area contributed by atoms with Gasteiger partial charge in [-0.3, -0.25) is 0 Å². The first-order valence-corrected chi connectivity index (χ1v) is 5.84. The van der Waals surface area contributed by atoms with Crippen LogP contribution in [0.4, 0.5) is 0 Å². The Morgan fingerprint density at radius 3 is 2.67 bits per heavy atom. The second-order valence-corrected chi connectivity index (χ2v) is 4.55. The summed E-state index contributed by atoms with van der Waals surface area (Å²) in [4.78, 5) is 1.07. The Balaban J connectivity index is 0.00000196. The van der Waals surface area contributed by atoms with E-state index in [1.54, 1.807) is 11.8 Å².